The van der Waals surface area contributed by atoms with Crippen LogP contribution in [0, 0.1) is 5.92 Å². The van der Waals surface area contributed by atoms with E-state index >= 15 is 0 Å². The monoisotopic (exact) mass is 539 g/mol. The zero-order valence-corrected chi connectivity index (χ0v) is 22.9. The van der Waals surface area contributed by atoms with Gasteiger partial charge in [-0.05, 0) is 53.3 Å². The van der Waals surface area contributed by atoms with Crippen LogP contribution in [0.15, 0.2) is 96.3 Å². The van der Waals surface area contributed by atoms with Gasteiger partial charge in [-0.2, -0.15) is 0 Å². The Kier molecular flexibility index (Phi) is 7.91. The smallest absolute Gasteiger partial charge is 0.315 e. The number of ketones is 1. The lowest BCUT2D eigenvalue weighted by Crippen LogP contribution is -2.42. The standard InChI is InChI=1S/C33H33NO6/c1-20-30(33(36)39-4)31(23-12-15-28(29(18-23)38-3)40-19-21-8-6-5-7-9-21)32-26(34-20)16-24(17-27(32)35)22-10-13-25(37-2)14-11-22/h5-15,18,24,30-31,34H,1,16-17,19H2,2-4H3. The summed E-state index contributed by atoms with van der Waals surface area (Å²) in [6.07, 6.45) is 0.950. The normalized spacial score (nSPS) is 20.3. The fourth-order valence-corrected chi connectivity index (χ4v) is 5.66. The number of ether oxygens (including phenoxy) is 4. The molecule has 0 radical (unpaired) electrons. The van der Waals surface area contributed by atoms with Crippen LogP contribution in [0.3, 0.4) is 0 Å². The summed E-state index contributed by atoms with van der Waals surface area (Å²) in [6, 6.07) is 23.2. The van der Waals surface area contributed by atoms with Gasteiger partial charge in [0.1, 0.15) is 18.3 Å². The molecule has 3 atom stereocenters. The van der Waals surface area contributed by atoms with Crippen LogP contribution in [0.2, 0.25) is 0 Å². The van der Waals surface area contributed by atoms with Gasteiger partial charge < -0.3 is 24.3 Å². The van der Waals surface area contributed by atoms with Crippen molar-refractivity contribution >= 4 is 11.8 Å². The summed E-state index contributed by atoms with van der Waals surface area (Å²) in [4.78, 5) is 26.8. The van der Waals surface area contributed by atoms with Crippen molar-refractivity contribution in [2.75, 3.05) is 21.3 Å². The van der Waals surface area contributed by atoms with Crippen molar-refractivity contribution in [2.24, 2.45) is 5.92 Å². The zero-order chi connectivity index (χ0) is 28.2. The third-order valence-corrected chi connectivity index (χ3v) is 7.67. The van der Waals surface area contributed by atoms with Crippen LogP contribution in [-0.2, 0) is 20.9 Å². The van der Waals surface area contributed by atoms with Crippen LogP contribution in [0.4, 0.5) is 0 Å². The highest BCUT2D eigenvalue weighted by atomic mass is 16.5. The lowest BCUT2D eigenvalue weighted by atomic mass is 9.69. The molecule has 0 spiro atoms. The molecule has 1 aliphatic heterocycles. The van der Waals surface area contributed by atoms with Gasteiger partial charge in [-0.25, -0.2) is 0 Å². The van der Waals surface area contributed by atoms with E-state index in [1.165, 1.54) is 7.11 Å². The second-order valence-electron chi connectivity index (χ2n) is 10.0. The van der Waals surface area contributed by atoms with Gasteiger partial charge in [-0.3, -0.25) is 9.59 Å². The summed E-state index contributed by atoms with van der Waals surface area (Å²) < 4.78 is 22.2. The number of nitrogens with one attached hydrogen (secondary N) is 1. The molecule has 5 rings (SSSR count). The second kappa shape index (κ2) is 11.7. The molecule has 0 aromatic heterocycles. The van der Waals surface area contributed by atoms with Gasteiger partial charge in [0.05, 0.1) is 21.3 Å². The first kappa shape index (κ1) is 27.1. The summed E-state index contributed by atoms with van der Waals surface area (Å²) in [5.41, 5.74) is 4.72. The van der Waals surface area contributed by atoms with Crippen molar-refractivity contribution in [3.63, 3.8) is 0 Å². The number of hydrogen-bond acceptors (Lipinski definition) is 7. The van der Waals surface area contributed by atoms with Crippen LogP contribution in [0.25, 0.3) is 0 Å². The van der Waals surface area contributed by atoms with Gasteiger partial charge in [0, 0.05) is 29.3 Å². The molecule has 2 aliphatic rings. The topological polar surface area (TPSA) is 83.1 Å². The van der Waals surface area contributed by atoms with E-state index in [2.05, 4.69) is 11.9 Å². The highest BCUT2D eigenvalue weighted by Gasteiger charge is 2.45. The number of carbonyl (C=O) groups excluding carboxylic acids is 2. The van der Waals surface area contributed by atoms with E-state index in [9.17, 15) is 9.59 Å². The molecule has 3 unspecified atom stereocenters. The van der Waals surface area contributed by atoms with E-state index < -0.39 is 17.8 Å². The number of allylic oxidation sites excluding steroid dienone is 2. The minimum Gasteiger partial charge on any atom is -0.497 e. The van der Waals surface area contributed by atoms with E-state index in [4.69, 9.17) is 18.9 Å². The number of hydrogen-bond donors (Lipinski definition) is 1. The average molecular weight is 540 g/mol. The molecule has 40 heavy (non-hydrogen) atoms. The van der Waals surface area contributed by atoms with Crippen molar-refractivity contribution < 1.29 is 28.5 Å². The predicted molar refractivity (Wildman–Crippen MR) is 151 cm³/mol. The summed E-state index contributed by atoms with van der Waals surface area (Å²) in [5, 5.41) is 3.30. The first-order chi connectivity index (χ1) is 19.4. The Morgan fingerprint density at radius 3 is 2.30 bits per heavy atom. The third kappa shape index (κ3) is 5.32. The highest BCUT2D eigenvalue weighted by molar-refractivity contribution is 6.01. The van der Waals surface area contributed by atoms with Crippen LogP contribution in [0.5, 0.6) is 17.2 Å². The van der Waals surface area contributed by atoms with Crippen LogP contribution in [-0.4, -0.2) is 33.1 Å². The maximum atomic E-state index is 13.8. The van der Waals surface area contributed by atoms with Gasteiger partial charge in [-0.1, -0.05) is 55.1 Å². The molecule has 206 valence electrons. The van der Waals surface area contributed by atoms with Gasteiger partial charge in [0.2, 0.25) is 0 Å². The Morgan fingerprint density at radius 2 is 1.62 bits per heavy atom. The fourth-order valence-electron chi connectivity index (χ4n) is 5.66. The van der Waals surface area contributed by atoms with Gasteiger partial charge >= 0.3 is 5.97 Å². The molecule has 1 heterocycles. The molecule has 0 amide bonds. The summed E-state index contributed by atoms with van der Waals surface area (Å²) in [6.45, 7) is 4.55. The maximum absolute atomic E-state index is 13.8. The molecule has 3 aromatic rings. The Balaban J connectivity index is 1.51. The predicted octanol–water partition coefficient (Wildman–Crippen LogP) is 5.67. The largest absolute Gasteiger partial charge is 0.497 e. The second-order valence-corrected chi connectivity index (χ2v) is 10.0. The van der Waals surface area contributed by atoms with Crippen molar-refractivity contribution in [1.82, 2.24) is 5.32 Å². The third-order valence-electron chi connectivity index (χ3n) is 7.67. The number of rotatable bonds is 8. The molecule has 0 saturated heterocycles. The molecular weight excluding hydrogens is 506 g/mol. The van der Waals surface area contributed by atoms with Crippen molar-refractivity contribution in [1.29, 1.82) is 0 Å². The van der Waals surface area contributed by atoms with E-state index in [1.807, 2.05) is 72.8 Å². The minimum atomic E-state index is -0.772. The molecular formula is C33H33NO6. The molecule has 0 saturated carbocycles. The minimum absolute atomic E-state index is 0.00363. The quantitative estimate of drug-likeness (QED) is 0.369. The molecule has 3 aromatic carbocycles. The Bertz CT molecular complexity index is 1440. The SMILES string of the molecule is C=C1NC2=C(C(=O)CC(c3ccc(OC)cc3)C2)C(c2ccc(OCc3ccccc3)c(OC)c2)C1C(=O)OC. The molecule has 7 heteroatoms. The van der Waals surface area contributed by atoms with Gasteiger partial charge in [0.25, 0.3) is 0 Å². The Hall–Kier alpha value is -4.52. The van der Waals surface area contributed by atoms with E-state index in [0.29, 0.717) is 42.2 Å². The molecule has 7 nitrogen and oxygen atoms in total. The molecule has 1 N–H and O–H groups in total. The van der Waals surface area contributed by atoms with Gasteiger partial charge in [0.15, 0.2) is 17.3 Å². The lowest BCUT2D eigenvalue weighted by molar-refractivity contribution is -0.144. The fraction of sp³-hybridized carbons (Fsp3) is 0.273. The van der Waals surface area contributed by atoms with E-state index in [-0.39, 0.29) is 11.7 Å². The summed E-state index contributed by atoms with van der Waals surface area (Å²) in [7, 11) is 4.55. The van der Waals surface area contributed by atoms with Crippen LogP contribution >= 0.6 is 0 Å². The summed E-state index contributed by atoms with van der Waals surface area (Å²) in [5.74, 6) is 0.0385. The Morgan fingerprint density at radius 1 is 0.900 bits per heavy atom. The van der Waals surface area contributed by atoms with Crippen LogP contribution < -0.4 is 19.5 Å². The van der Waals surface area contributed by atoms with Crippen molar-refractivity contribution in [3.8, 4) is 17.2 Å². The summed E-state index contributed by atoms with van der Waals surface area (Å²) >= 11 is 0. The van der Waals surface area contributed by atoms with E-state index in [1.54, 1.807) is 14.2 Å². The number of Topliss-reactive ketones (excluding diaryl/α,β-unsaturated/α-hetero) is 1. The number of methoxy groups -OCH3 is 3. The number of benzene rings is 3. The Labute approximate surface area is 234 Å². The molecule has 0 bridgehead atoms. The zero-order valence-electron chi connectivity index (χ0n) is 22.9. The first-order valence-corrected chi connectivity index (χ1v) is 13.2. The molecule has 1 aliphatic carbocycles. The van der Waals surface area contributed by atoms with Crippen molar-refractivity contribution in [2.45, 2.75) is 31.3 Å². The average Bonchev–Trinajstić information content (AvgIpc) is 2.99. The maximum Gasteiger partial charge on any atom is 0.315 e. The van der Waals surface area contributed by atoms with Crippen molar-refractivity contribution in [3.05, 3.63) is 113 Å². The number of carbonyl (C=O) groups is 2. The van der Waals surface area contributed by atoms with Crippen LogP contribution in [0.1, 0.15) is 41.4 Å². The number of esters is 1. The first-order valence-electron chi connectivity index (χ1n) is 13.2. The van der Waals surface area contributed by atoms with E-state index in [0.717, 1.165) is 28.1 Å². The molecule has 0 fully saturated rings. The lowest BCUT2D eigenvalue weighted by Gasteiger charge is -2.40. The van der Waals surface area contributed by atoms with Gasteiger partial charge in [-0.15, -0.1) is 0 Å². The highest BCUT2D eigenvalue weighted by Crippen LogP contribution is 2.48.